The van der Waals surface area contributed by atoms with Gasteiger partial charge in [-0.3, -0.25) is 4.90 Å². The lowest BCUT2D eigenvalue weighted by atomic mass is 9.97. The van der Waals surface area contributed by atoms with Crippen LogP contribution in [0.5, 0.6) is 0 Å². The van der Waals surface area contributed by atoms with Crippen molar-refractivity contribution in [2.45, 2.75) is 44.8 Å². The van der Waals surface area contributed by atoms with Crippen molar-refractivity contribution in [3.8, 4) is 11.3 Å². The summed E-state index contributed by atoms with van der Waals surface area (Å²) in [5, 5.41) is 4.22. The van der Waals surface area contributed by atoms with Crippen molar-refractivity contribution < 1.29 is 4.52 Å². The maximum atomic E-state index is 6.12. The molecule has 2 heterocycles. The van der Waals surface area contributed by atoms with Gasteiger partial charge in [0.2, 0.25) is 0 Å². The second-order valence-corrected chi connectivity index (χ2v) is 5.94. The van der Waals surface area contributed by atoms with E-state index in [2.05, 4.69) is 17.0 Å². The van der Waals surface area contributed by atoms with Gasteiger partial charge in [-0.1, -0.05) is 41.9 Å². The molecule has 120 valence electrons. The molecule has 5 heteroatoms. The lowest BCUT2D eigenvalue weighted by molar-refractivity contribution is 0.120. The van der Waals surface area contributed by atoms with E-state index in [-0.39, 0.29) is 18.4 Å². The van der Waals surface area contributed by atoms with Crippen LogP contribution in [0.4, 0.5) is 0 Å². The summed E-state index contributed by atoms with van der Waals surface area (Å²) in [6.45, 7) is 4.02. The molecule has 1 aromatic carbocycles. The number of piperidine rings is 1. The molecule has 1 saturated heterocycles. The number of rotatable bonds is 4. The Hall–Kier alpha value is -1.36. The molecule has 0 spiro atoms. The second kappa shape index (κ2) is 7.77. The van der Waals surface area contributed by atoms with Crippen molar-refractivity contribution in [2.75, 3.05) is 6.54 Å². The Morgan fingerprint density at radius 3 is 2.82 bits per heavy atom. The third-order valence-electron chi connectivity index (χ3n) is 4.25. The Balaban J connectivity index is 0.00000176. The van der Waals surface area contributed by atoms with Crippen LogP contribution in [0.15, 0.2) is 40.9 Å². The number of aromatic nitrogens is 1. The molecule has 3 rings (SSSR count). The summed E-state index contributed by atoms with van der Waals surface area (Å²) in [5.41, 5.74) is 8.18. The average Bonchev–Trinajstić information content (AvgIpc) is 2.97. The van der Waals surface area contributed by atoms with Gasteiger partial charge in [-0.2, -0.15) is 0 Å². The van der Waals surface area contributed by atoms with Crippen LogP contribution in [0.2, 0.25) is 0 Å². The zero-order valence-electron chi connectivity index (χ0n) is 12.9. The number of benzene rings is 1. The Kier molecular flexibility index (Phi) is 6.00. The van der Waals surface area contributed by atoms with E-state index >= 15 is 0 Å². The highest BCUT2D eigenvalue weighted by Crippen LogP contribution is 2.24. The monoisotopic (exact) mass is 321 g/mol. The molecule has 2 N–H and O–H groups in total. The Morgan fingerprint density at radius 2 is 2.09 bits per heavy atom. The molecule has 0 saturated carbocycles. The molecule has 0 radical (unpaired) electrons. The van der Waals surface area contributed by atoms with E-state index in [1.165, 1.54) is 19.3 Å². The fourth-order valence-corrected chi connectivity index (χ4v) is 3.14. The number of halogens is 1. The minimum absolute atomic E-state index is 0. The molecule has 0 amide bonds. The van der Waals surface area contributed by atoms with Crippen LogP contribution >= 0.6 is 12.4 Å². The third-order valence-corrected chi connectivity index (χ3v) is 4.25. The topological polar surface area (TPSA) is 55.3 Å². The number of nitrogens with two attached hydrogens (primary N) is 1. The first kappa shape index (κ1) is 17.0. The summed E-state index contributed by atoms with van der Waals surface area (Å²) < 4.78 is 5.48. The van der Waals surface area contributed by atoms with E-state index < -0.39 is 0 Å². The molecular formula is C17H24ClN3O. The van der Waals surface area contributed by atoms with Crippen LogP contribution in [-0.2, 0) is 6.54 Å². The highest BCUT2D eigenvalue weighted by molar-refractivity contribution is 5.85. The molecule has 1 aliphatic heterocycles. The minimum atomic E-state index is 0. The zero-order valence-corrected chi connectivity index (χ0v) is 13.8. The summed E-state index contributed by atoms with van der Waals surface area (Å²) >= 11 is 0. The number of hydrogen-bond acceptors (Lipinski definition) is 4. The molecule has 22 heavy (non-hydrogen) atoms. The van der Waals surface area contributed by atoms with Gasteiger partial charge in [-0.15, -0.1) is 12.4 Å². The first-order valence-corrected chi connectivity index (χ1v) is 7.74. The van der Waals surface area contributed by atoms with Crippen LogP contribution < -0.4 is 5.73 Å². The van der Waals surface area contributed by atoms with Crippen molar-refractivity contribution in [1.29, 1.82) is 0 Å². The van der Waals surface area contributed by atoms with Gasteiger partial charge in [-0.25, -0.2) is 0 Å². The van der Waals surface area contributed by atoms with E-state index in [1.807, 2.05) is 36.4 Å². The van der Waals surface area contributed by atoms with Crippen molar-refractivity contribution >= 4 is 12.4 Å². The molecule has 2 aromatic rings. The molecule has 4 nitrogen and oxygen atoms in total. The van der Waals surface area contributed by atoms with E-state index in [0.717, 1.165) is 30.1 Å². The predicted octanol–water partition coefficient (Wildman–Crippen LogP) is 3.47. The first-order chi connectivity index (χ1) is 10.2. The van der Waals surface area contributed by atoms with E-state index in [0.29, 0.717) is 6.04 Å². The van der Waals surface area contributed by atoms with Crippen molar-refractivity contribution in [2.24, 2.45) is 5.73 Å². The average molecular weight is 322 g/mol. The van der Waals surface area contributed by atoms with Gasteiger partial charge in [-0.05, 0) is 26.3 Å². The summed E-state index contributed by atoms with van der Waals surface area (Å²) in [5.74, 6) is 0.833. The fourth-order valence-electron chi connectivity index (χ4n) is 3.14. The molecule has 2 unspecified atom stereocenters. The largest absolute Gasteiger partial charge is 0.356 e. The smallest absolute Gasteiger partial charge is 0.167 e. The van der Waals surface area contributed by atoms with Gasteiger partial charge in [0.1, 0.15) is 0 Å². The van der Waals surface area contributed by atoms with Gasteiger partial charge < -0.3 is 10.3 Å². The lowest BCUT2D eigenvalue weighted by Crippen LogP contribution is -2.48. The van der Waals surface area contributed by atoms with Gasteiger partial charge in [0.15, 0.2) is 5.76 Å². The van der Waals surface area contributed by atoms with Crippen molar-refractivity contribution in [3.63, 3.8) is 0 Å². The Bertz CT molecular complexity index is 570. The van der Waals surface area contributed by atoms with Gasteiger partial charge >= 0.3 is 0 Å². The number of likely N-dealkylation sites (tertiary alicyclic amines) is 1. The summed E-state index contributed by atoms with van der Waals surface area (Å²) in [6.07, 6.45) is 3.70. The van der Waals surface area contributed by atoms with Gasteiger partial charge in [0.05, 0.1) is 5.69 Å². The number of hydrogen-bond donors (Lipinski definition) is 1. The van der Waals surface area contributed by atoms with Crippen molar-refractivity contribution in [3.05, 3.63) is 42.1 Å². The van der Waals surface area contributed by atoms with E-state index in [9.17, 15) is 0 Å². The normalized spacial score (nSPS) is 20.4. The van der Waals surface area contributed by atoms with Gasteiger partial charge in [0, 0.05) is 30.3 Å². The fraction of sp³-hybridized carbons (Fsp3) is 0.471. The molecular weight excluding hydrogens is 298 g/mol. The molecule has 0 bridgehead atoms. The van der Waals surface area contributed by atoms with Crippen molar-refractivity contribution in [1.82, 2.24) is 10.1 Å². The number of nitrogens with zero attached hydrogens (tertiary/aromatic N) is 2. The highest BCUT2D eigenvalue weighted by atomic mass is 35.5. The van der Waals surface area contributed by atoms with Crippen LogP contribution in [0, 0.1) is 0 Å². The summed E-state index contributed by atoms with van der Waals surface area (Å²) in [6, 6.07) is 12.8. The van der Waals surface area contributed by atoms with Crippen LogP contribution in [0.25, 0.3) is 11.3 Å². The minimum Gasteiger partial charge on any atom is -0.356 e. The van der Waals surface area contributed by atoms with Gasteiger partial charge in [0.25, 0.3) is 0 Å². The van der Waals surface area contributed by atoms with Crippen LogP contribution in [-0.4, -0.2) is 28.7 Å². The Morgan fingerprint density at radius 1 is 1.32 bits per heavy atom. The SMILES string of the molecule is CC(N)C1CCCCN1Cc1cc(-c2ccccc2)on1.Cl. The summed E-state index contributed by atoms with van der Waals surface area (Å²) in [4.78, 5) is 2.45. The van der Waals surface area contributed by atoms with Crippen LogP contribution in [0.3, 0.4) is 0 Å². The molecule has 1 fully saturated rings. The zero-order chi connectivity index (χ0) is 14.7. The van der Waals surface area contributed by atoms with E-state index in [1.54, 1.807) is 0 Å². The second-order valence-electron chi connectivity index (χ2n) is 5.94. The maximum absolute atomic E-state index is 6.12. The van der Waals surface area contributed by atoms with E-state index in [4.69, 9.17) is 10.3 Å². The maximum Gasteiger partial charge on any atom is 0.167 e. The lowest BCUT2D eigenvalue weighted by Gasteiger charge is -2.37. The highest BCUT2D eigenvalue weighted by Gasteiger charge is 2.26. The molecule has 2 atom stereocenters. The molecule has 1 aromatic heterocycles. The summed E-state index contributed by atoms with van der Waals surface area (Å²) in [7, 11) is 0. The Labute approximate surface area is 138 Å². The predicted molar refractivity (Wildman–Crippen MR) is 90.9 cm³/mol. The quantitative estimate of drug-likeness (QED) is 0.937. The standard InChI is InChI=1S/C17H23N3O.ClH/c1-13(18)16-9-5-6-10-20(16)12-15-11-17(21-19-15)14-7-3-2-4-8-14;/h2-4,7-8,11,13,16H,5-6,9-10,12,18H2,1H3;1H. The molecule has 0 aliphatic carbocycles. The third kappa shape index (κ3) is 3.88. The molecule has 1 aliphatic rings. The van der Waals surface area contributed by atoms with Crippen LogP contribution in [0.1, 0.15) is 31.9 Å². The first-order valence-electron chi connectivity index (χ1n) is 7.74.